The number of halogens is 2. The number of methoxy groups -OCH3 is 1. The van der Waals surface area contributed by atoms with Crippen LogP contribution < -0.4 is 5.32 Å². The molecule has 1 aliphatic carbocycles. The van der Waals surface area contributed by atoms with Crippen molar-refractivity contribution in [2.45, 2.75) is 32.0 Å². The van der Waals surface area contributed by atoms with E-state index in [2.05, 4.69) is 26.2 Å². The monoisotopic (exact) mass is 370 g/mol. The molecular formula is C15H16BrFN2OS. The summed E-state index contributed by atoms with van der Waals surface area (Å²) in [5.41, 5.74) is 1.73. The quantitative estimate of drug-likeness (QED) is 0.830. The Morgan fingerprint density at radius 3 is 2.90 bits per heavy atom. The Morgan fingerprint density at radius 2 is 2.24 bits per heavy atom. The van der Waals surface area contributed by atoms with E-state index < -0.39 is 0 Å². The van der Waals surface area contributed by atoms with Gasteiger partial charge < -0.3 is 10.1 Å². The van der Waals surface area contributed by atoms with Crippen LogP contribution in [0.5, 0.6) is 0 Å². The van der Waals surface area contributed by atoms with Gasteiger partial charge in [-0.05, 0) is 31.0 Å². The molecule has 0 bridgehead atoms. The van der Waals surface area contributed by atoms with Gasteiger partial charge in [0, 0.05) is 34.6 Å². The number of aromatic nitrogens is 1. The van der Waals surface area contributed by atoms with Crippen molar-refractivity contribution in [3.63, 3.8) is 0 Å². The number of nitrogens with one attached hydrogen (secondary N) is 1. The topological polar surface area (TPSA) is 34.1 Å². The van der Waals surface area contributed by atoms with Gasteiger partial charge in [-0.1, -0.05) is 15.9 Å². The van der Waals surface area contributed by atoms with Crippen molar-refractivity contribution in [2.75, 3.05) is 7.11 Å². The van der Waals surface area contributed by atoms with Crippen LogP contribution in [0.15, 0.2) is 22.7 Å². The molecule has 0 unspecified atom stereocenters. The van der Waals surface area contributed by atoms with Gasteiger partial charge in [0.15, 0.2) is 0 Å². The second-order valence-corrected chi connectivity index (χ2v) is 7.13. The number of nitrogens with zero attached hydrogens (tertiary/aromatic N) is 1. The minimum Gasteiger partial charge on any atom is -0.378 e. The first-order valence-corrected chi connectivity index (χ1v) is 8.44. The number of ether oxygens (including phenoxy) is 1. The number of thiazole rings is 1. The largest absolute Gasteiger partial charge is 0.378 e. The number of hydrogen-bond acceptors (Lipinski definition) is 4. The lowest BCUT2D eigenvalue weighted by Gasteiger charge is -2.02. The fraction of sp³-hybridized carbons (Fsp3) is 0.400. The molecule has 1 fully saturated rings. The van der Waals surface area contributed by atoms with Crippen molar-refractivity contribution in [1.82, 2.24) is 10.3 Å². The third-order valence-corrected chi connectivity index (χ3v) is 4.90. The Kier molecular flexibility index (Phi) is 4.69. The van der Waals surface area contributed by atoms with Gasteiger partial charge in [-0.25, -0.2) is 9.37 Å². The molecule has 0 spiro atoms. The molecule has 21 heavy (non-hydrogen) atoms. The lowest BCUT2D eigenvalue weighted by Crippen LogP contribution is -2.15. The van der Waals surface area contributed by atoms with E-state index in [0.717, 1.165) is 27.3 Å². The van der Waals surface area contributed by atoms with Crippen molar-refractivity contribution in [2.24, 2.45) is 0 Å². The van der Waals surface area contributed by atoms with Gasteiger partial charge in [-0.3, -0.25) is 0 Å². The first kappa shape index (κ1) is 15.1. The predicted octanol–water partition coefficient (Wildman–Crippen LogP) is 4.11. The summed E-state index contributed by atoms with van der Waals surface area (Å²) >= 11 is 4.92. The van der Waals surface area contributed by atoms with Crippen LogP contribution in [-0.4, -0.2) is 18.1 Å². The minimum atomic E-state index is -0.263. The molecule has 1 aromatic carbocycles. The summed E-state index contributed by atoms with van der Waals surface area (Å²) in [5, 5.41) is 4.32. The highest BCUT2D eigenvalue weighted by molar-refractivity contribution is 9.10. The fourth-order valence-corrected chi connectivity index (χ4v) is 3.56. The maximum atomic E-state index is 13.5. The van der Waals surface area contributed by atoms with Crippen LogP contribution in [-0.2, 0) is 17.9 Å². The fourth-order valence-electron chi connectivity index (χ4n) is 2.10. The van der Waals surface area contributed by atoms with E-state index in [9.17, 15) is 4.39 Å². The highest BCUT2D eigenvalue weighted by atomic mass is 79.9. The van der Waals surface area contributed by atoms with Crippen molar-refractivity contribution in [3.05, 3.63) is 39.1 Å². The van der Waals surface area contributed by atoms with Gasteiger partial charge in [0.1, 0.15) is 10.8 Å². The van der Waals surface area contributed by atoms with E-state index in [1.165, 1.54) is 29.9 Å². The van der Waals surface area contributed by atoms with Crippen LogP contribution in [0.4, 0.5) is 4.39 Å². The molecule has 1 heterocycles. The van der Waals surface area contributed by atoms with E-state index in [-0.39, 0.29) is 5.82 Å². The normalized spacial score (nSPS) is 14.6. The Hall–Kier alpha value is -0.820. The molecule has 1 N–H and O–H groups in total. The van der Waals surface area contributed by atoms with Crippen LogP contribution in [0.3, 0.4) is 0 Å². The molecule has 0 aliphatic heterocycles. The molecule has 112 valence electrons. The van der Waals surface area contributed by atoms with Crippen LogP contribution in [0.2, 0.25) is 0 Å². The summed E-state index contributed by atoms with van der Waals surface area (Å²) in [5.74, 6) is -0.263. The van der Waals surface area contributed by atoms with E-state index in [1.54, 1.807) is 18.4 Å². The van der Waals surface area contributed by atoms with Crippen LogP contribution in [0, 0.1) is 5.82 Å². The van der Waals surface area contributed by atoms with Gasteiger partial charge in [-0.15, -0.1) is 11.3 Å². The number of hydrogen-bond donors (Lipinski definition) is 1. The van der Waals surface area contributed by atoms with Gasteiger partial charge in [-0.2, -0.15) is 0 Å². The Morgan fingerprint density at radius 1 is 1.43 bits per heavy atom. The Bertz CT molecular complexity index is 622. The molecule has 1 aromatic heterocycles. The summed E-state index contributed by atoms with van der Waals surface area (Å²) < 4.78 is 19.5. The highest BCUT2D eigenvalue weighted by Crippen LogP contribution is 2.31. The van der Waals surface area contributed by atoms with Crippen LogP contribution in [0.1, 0.15) is 23.4 Å². The molecule has 0 amide bonds. The van der Waals surface area contributed by atoms with E-state index in [1.807, 2.05) is 6.07 Å². The van der Waals surface area contributed by atoms with E-state index in [0.29, 0.717) is 12.6 Å². The summed E-state index contributed by atoms with van der Waals surface area (Å²) in [6.07, 6.45) is 2.50. The minimum absolute atomic E-state index is 0.263. The van der Waals surface area contributed by atoms with Crippen molar-refractivity contribution < 1.29 is 9.13 Å². The smallest absolute Gasteiger partial charge is 0.125 e. The molecule has 3 rings (SSSR count). The maximum absolute atomic E-state index is 13.5. The third-order valence-electron chi connectivity index (χ3n) is 3.30. The van der Waals surface area contributed by atoms with Gasteiger partial charge in [0.2, 0.25) is 0 Å². The van der Waals surface area contributed by atoms with Crippen LogP contribution >= 0.6 is 27.3 Å². The molecule has 1 aliphatic rings. The standard InChI is InChI=1S/C15H16BrFN2OS/c1-20-8-13-14(7-18-12-2-3-12)21-15(19-13)9-4-10(16)6-11(17)5-9/h4-6,12,18H,2-3,7-8H2,1H3. The first-order chi connectivity index (χ1) is 10.2. The maximum Gasteiger partial charge on any atom is 0.125 e. The Balaban J connectivity index is 1.88. The molecule has 0 saturated heterocycles. The van der Waals surface area contributed by atoms with Crippen molar-refractivity contribution in [1.29, 1.82) is 0 Å². The first-order valence-electron chi connectivity index (χ1n) is 6.83. The molecule has 6 heteroatoms. The average molecular weight is 371 g/mol. The third kappa shape index (κ3) is 3.88. The van der Waals surface area contributed by atoms with Crippen LogP contribution in [0.25, 0.3) is 10.6 Å². The lowest BCUT2D eigenvalue weighted by atomic mass is 10.2. The van der Waals surface area contributed by atoms with E-state index >= 15 is 0 Å². The zero-order valence-corrected chi connectivity index (χ0v) is 14.1. The molecule has 0 radical (unpaired) electrons. The van der Waals surface area contributed by atoms with Gasteiger partial charge >= 0.3 is 0 Å². The number of rotatable bonds is 6. The second-order valence-electron chi connectivity index (χ2n) is 5.14. The van der Waals surface area contributed by atoms with Gasteiger partial charge in [0.25, 0.3) is 0 Å². The second kappa shape index (κ2) is 6.52. The SMILES string of the molecule is COCc1nc(-c2cc(F)cc(Br)c2)sc1CNC1CC1. The summed E-state index contributed by atoms with van der Waals surface area (Å²) in [6, 6.07) is 5.49. The molecule has 3 nitrogen and oxygen atoms in total. The van der Waals surface area contributed by atoms with Crippen molar-refractivity contribution >= 4 is 27.3 Å². The lowest BCUT2D eigenvalue weighted by molar-refractivity contribution is 0.181. The zero-order valence-electron chi connectivity index (χ0n) is 11.7. The van der Waals surface area contributed by atoms with Crippen molar-refractivity contribution in [3.8, 4) is 10.6 Å². The predicted molar refractivity (Wildman–Crippen MR) is 85.8 cm³/mol. The molecule has 2 aromatic rings. The summed E-state index contributed by atoms with van der Waals surface area (Å²) in [7, 11) is 1.66. The molecule has 0 atom stereocenters. The molecule has 1 saturated carbocycles. The van der Waals surface area contributed by atoms with E-state index in [4.69, 9.17) is 4.74 Å². The summed E-state index contributed by atoms with van der Waals surface area (Å²) in [6.45, 7) is 1.28. The summed E-state index contributed by atoms with van der Waals surface area (Å²) in [4.78, 5) is 5.78. The average Bonchev–Trinajstić information content (AvgIpc) is 3.17. The zero-order chi connectivity index (χ0) is 14.8. The Labute approximate surface area is 135 Å². The highest BCUT2D eigenvalue weighted by Gasteiger charge is 2.22. The number of benzene rings is 1. The van der Waals surface area contributed by atoms with Gasteiger partial charge in [0.05, 0.1) is 12.3 Å². The molecular weight excluding hydrogens is 355 g/mol.